The zero-order valence-electron chi connectivity index (χ0n) is 22.3. The molecule has 0 unspecified atom stereocenters. The van der Waals surface area contributed by atoms with Crippen molar-refractivity contribution in [3.8, 4) is 22.9 Å². The molecule has 8 nitrogen and oxygen atoms in total. The molecule has 12 heteroatoms. The van der Waals surface area contributed by atoms with Gasteiger partial charge in [-0.15, -0.1) is 0 Å². The monoisotopic (exact) mass is 577 g/mol. The van der Waals surface area contributed by atoms with Gasteiger partial charge in [-0.2, -0.15) is 8.42 Å². The minimum Gasteiger partial charge on any atom is -0.493 e. The minimum atomic E-state index is -4.34. The van der Waals surface area contributed by atoms with Crippen molar-refractivity contribution in [1.29, 1.82) is 0 Å². The van der Waals surface area contributed by atoms with Crippen molar-refractivity contribution in [2.45, 2.75) is 63.5 Å². The third kappa shape index (κ3) is 7.50. The van der Waals surface area contributed by atoms with Crippen LogP contribution in [0.1, 0.15) is 55.6 Å². The molecule has 0 aliphatic heterocycles. The molecule has 0 radical (unpaired) electrons. The van der Waals surface area contributed by atoms with Crippen LogP contribution in [0.3, 0.4) is 0 Å². The van der Waals surface area contributed by atoms with Crippen LogP contribution in [0.2, 0.25) is 0 Å². The summed E-state index contributed by atoms with van der Waals surface area (Å²) in [4.78, 5) is 21.5. The van der Waals surface area contributed by atoms with Crippen LogP contribution in [0, 0.1) is 18.7 Å². The molecule has 3 aromatic rings. The molecular formula is C28H30F3N3O5S. The average molecular weight is 578 g/mol. The van der Waals surface area contributed by atoms with Crippen molar-refractivity contribution < 1.29 is 35.9 Å². The van der Waals surface area contributed by atoms with Gasteiger partial charge in [-0.05, 0) is 62.1 Å². The summed E-state index contributed by atoms with van der Waals surface area (Å²) >= 11 is 0. The van der Waals surface area contributed by atoms with Gasteiger partial charge in [-0.1, -0.05) is 19.9 Å². The number of carbonyl (C=O) groups excluding carboxylic acids is 1. The molecule has 40 heavy (non-hydrogen) atoms. The van der Waals surface area contributed by atoms with Crippen LogP contribution >= 0.6 is 0 Å². The maximum absolute atomic E-state index is 14.4. The summed E-state index contributed by atoms with van der Waals surface area (Å²) in [5.41, 5.74) is 0.739. The average Bonchev–Trinajstić information content (AvgIpc) is 2.88. The van der Waals surface area contributed by atoms with Crippen LogP contribution in [0.4, 0.5) is 13.2 Å². The molecule has 0 bridgehead atoms. The number of halogens is 3. The molecule has 1 aliphatic rings. The standard InChI is InChI=1S/C28H30F3N3O5S/c1-17(2)16-38-22-14-19(13-20(29)15-22)24-8-7-23(27(33-24)39-21-9-11-28(30,31)12-10-21)26(35)34-40(36,37)25-6-4-5-18(3)32-25/h4-8,13-15,17,21H,9-12,16H2,1-3H3,(H,34,35). The fourth-order valence-corrected chi connectivity index (χ4v) is 5.09. The lowest BCUT2D eigenvalue weighted by molar-refractivity contribution is -0.0588. The summed E-state index contributed by atoms with van der Waals surface area (Å²) in [6.45, 7) is 5.87. The molecule has 1 aliphatic carbocycles. The molecule has 1 N–H and O–H groups in total. The van der Waals surface area contributed by atoms with E-state index in [1.54, 1.807) is 19.1 Å². The van der Waals surface area contributed by atoms with Crippen molar-refractivity contribution >= 4 is 15.9 Å². The summed E-state index contributed by atoms with van der Waals surface area (Å²) in [7, 11) is -4.34. The third-order valence-electron chi connectivity index (χ3n) is 6.16. The van der Waals surface area contributed by atoms with Gasteiger partial charge in [-0.3, -0.25) is 4.79 Å². The maximum atomic E-state index is 14.4. The zero-order chi connectivity index (χ0) is 29.1. The Bertz CT molecular complexity index is 1490. The van der Waals surface area contributed by atoms with Crippen LogP contribution in [0.15, 0.2) is 53.6 Å². The molecule has 0 atom stereocenters. The number of hydrogen-bond acceptors (Lipinski definition) is 7. The maximum Gasteiger partial charge on any atom is 0.281 e. The molecule has 0 spiro atoms. The first-order chi connectivity index (χ1) is 18.8. The molecular weight excluding hydrogens is 547 g/mol. The Morgan fingerprint density at radius 1 is 1.10 bits per heavy atom. The van der Waals surface area contributed by atoms with E-state index in [9.17, 15) is 26.4 Å². The van der Waals surface area contributed by atoms with Crippen LogP contribution < -0.4 is 14.2 Å². The molecule has 1 amide bonds. The molecule has 2 aromatic heterocycles. The van der Waals surface area contributed by atoms with E-state index in [2.05, 4.69) is 9.97 Å². The Hall–Kier alpha value is -3.67. The number of aryl methyl sites for hydroxylation is 1. The van der Waals surface area contributed by atoms with E-state index in [1.165, 1.54) is 36.4 Å². The Balaban J connectivity index is 1.67. The van der Waals surface area contributed by atoms with Crippen LogP contribution in [-0.4, -0.2) is 42.9 Å². The van der Waals surface area contributed by atoms with Crippen molar-refractivity contribution in [2.24, 2.45) is 5.92 Å². The van der Waals surface area contributed by atoms with E-state index in [-0.39, 0.29) is 46.7 Å². The molecule has 0 saturated heterocycles. The fraction of sp³-hybridized carbons (Fsp3) is 0.393. The highest BCUT2D eigenvalue weighted by Crippen LogP contribution is 2.36. The SMILES string of the molecule is Cc1cccc(S(=O)(=O)NC(=O)c2ccc(-c3cc(F)cc(OCC(C)C)c3)nc2OC2CCC(F)(F)CC2)n1. The topological polar surface area (TPSA) is 107 Å². The van der Waals surface area contributed by atoms with Gasteiger partial charge in [0.1, 0.15) is 23.2 Å². The number of alkyl halides is 2. The molecule has 1 saturated carbocycles. The smallest absolute Gasteiger partial charge is 0.281 e. The van der Waals surface area contributed by atoms with Gasteiger partial charge >= 0.3 is 0 Å². The van der Waals surface area contributed by atoms with E-state index < -0.39 is 46.6 Å². The number of ether oxygens (including phenoxy) is 2. The first-order valence-electron chi connectivity index (χ1n) is 12.8. The van der Waals surface area contributed by atoms with Crippen molar-refractivity contribution in [1.82, 2.24) is 14.7 Å². The van der Waals surface area contributed by atoms with Crippen LogP contribution in [0.5, 0.6) is 11.6 Å². The lowest BCUT2D eigenvalue weighted by Crippen LogP contribution is -2.33. The molecule has 214 valence electrons. The van der Waals surface area contributed by atoms with Gasteiger partial charge in [0.25, 0.3) is 15.9 Å². The number of sulfonamides is 1. The number of benzene rings is 1. The third-order valence-corrected chi connectivity index (χ3v) is 7.40. The van der Waals surface area contributed by atoms with E-state index in [4.69, 9.17) is 9.47 Å². The largest absolute Gasteiger partial charge is 0.493 e. The van der Waals surface area contributed by atoms with Gasteiger partial charge < -0.3 is 9.47 Å². The highest BCUT2D eigenvalue weighted by Gasteiger charge is 2.36. The van der Waals surface area contributed by atoms with E-state index in [0.29, 0.717) is 17.9 Å². The number of pyridine rings is 2. The number of carbonyl (C=O) groups is 1. The second-order valence-corrected chi connectivity index (χ2v) is 11.8. The van der Waals surface area contributed by atoms with E-state index in [0.717, 1.165) is 0 Å². The lowest BCUT2D eigenvalue weighted by atomic mass is 9.94. The van der Waals surface area contributed by atoms with E-state index >= 15 is 0 Å². The summed E-state index contributed by atoms with van der Waals surface area (Å²) in [6.07, 6.45) is -1.45. The minimum absolute atomic E-state index is 0.0125. The Morgan fingerprint density at radius 2 is 1.82 bits per heavy atom. The van der Waals surface area contributed by atoms with Crippen molar-refractivity contribution in [3.63, 3.8) is 0 Å². The fourth-order valence-electron chi connectivity index (χ4n) is 4.11. The Morgan fingerprint density at radius 3 is 2.50 bits per heavy atom. The Labute approximate surface area is 231 Å². The summed E-state index contributed by atoms with van der Waals surface area (Å²) in [6, 6.07) is 11.1. The Kier molecular flexibility index (Phi) is 8.67. The number of nitrogens with zero attached hydrogens (tertiary/aromatic N) is 2. The number of aromatic nitrogens is 2. The molecule has 2 heterocycles. The predicted molar refractivity (Wildman–Crippen MR) is 141 cm³/mol. The highest BCUT2D eigenvalue weighted by atomic mass is 32.2. The first-order valence-corrected chi connectivity index (χ1v) is 14.3. The van der Waals surface area contributed by atoms with Gasteiger partial charge in [0, 0.05) is 30.2 Å². The predicted octanol–water partition coefficient (Wildman–Crippen LogP) is 5.70. The van der Waals surface area contributed by atoms with Crippen molar-refractivity contribution in [3.05, 3.63) is 65.6 Å². The molecule has 4 rings (SSSR count). The molecule has 1 fully saturated rings. The van der Waals surface area contributed by atoms with Crippen molar-refractivity contribution in [2.75, 3.05) is 6.61 Å². The van der Waals surface area contributed by atoms with Gasteiger partial charge in [0.05, 0.1) is 12.3 Å². The number of amides is 1. The number of nitrogens with one attached hydrogen (secondary N) is 1. The van der Waals surface area contributed by atoms with Gasteiger partial charge in [0.15, 0.2) is 5.03 Å². The number of rotatable bonds is 9. The van der Waals surface area contributed by atoms with Gasteiger partial charge in [-0.25, -0.2) is 27.9 Å². The van der Waals surface area contributed by atoms with Crippen LogP contribution in [-0.2, 0) is 10.0 Å². The molecule has 1 aromatic carbocycles. The second-order valence-electron chi connectivity index (χ2n) is 10.2. The van der Waals surface area contributed by atoms with Crippen LogP contribution in [0.25, 0.3) is 11.3 Å². The summed E-state index contributed by atoms with van der Waals surface area (Å²) in [5, 5.41) is -0.351. The first kappa shape index (κ1) is 29.3. The van der Waals surface area contributed by atoms with E-state index in [1.807, 2.05) is 18.6 Å². The lowest BCUT2D eigenvalue weighted by Gasteiger charge is -2.28. The quantitative estimate of drug-likeness (QED) is 0.348. The van der Waals surface area contributed by atoms with Gasteiger partial charge in [0.2, 0.25) is 11.8 Å². The highest BCUT2D eigenvalue weighted by molar-refractivity contribution is 7.90. The summed E-state index contributed by atoms with van der Waals surface area (Å²) in [5.74, 6) is -4.20. The summed E-state index contributed by atoms with van der Waals surface area (Å²) < 4.78 is 81.0. The second kappa shape index (κ2) is 11.8. The normalized spacial score (nSPS) is 15.6. The number of hydrogen-bond donors (Lipinski definition) is 1. The zero-order valence-corrected chi connectivity index (χ0v) is 23.1.